The molecule has 2 amide bonds. The Kier molecular flexibility index (Phi) is 8.77. The zero-order chi connectivity index (χ0) is 22.6. The van der Waals surface area contributed by atoms with Crippen molar-refractivity contribution in [3.63, 3.8) is 0 Å². The molecule has 0 fully saturated rings. The number of carbonyl (C=O) groups excluding carboxylic acids is 2. The second-order valence-corrected chi connectivity index (χ2v) is 7.63. The van der Waals surface area contributed by atoms with E-state index < -0.39 is 5.91 Å². The molecule has 0 atom stereocenters. The van der Waals surface area contributed by atoms with Crippen LogP contribution in [-0.4, -0.2) is 24.6 Å². The highest BCUT2D eigenvalue weighted by molar-refractivity contribution is 9.10. The molecule has 0 radical (unpaired) electrons. The summed E-state index contributed by atoms with van der Waals surface area (Å²) in [6.07, 6.45) is 4.56. The SMILES string of the molecule is O=C(/C=C/c1ccccc1)NCC(=O)N/N=C/c1cc(Br)ccc1OCc1ccccc1. The molecule has 2 N–H and O–H groups in total. The molecular formula is C25H22BrN3O3. The van der Waals surface area contributed by atoms with Gasteiger partial charge in [-0.05, 0) is 35.4 Å². The number of carbonyl (C=O) groups is 2. The average molecular weight is 492 g/mol. The van der Waals surface area contributed by atoms with Gasteiger partial charge in [0.1, 0.15) is 12.4 Å². The summed E-state index contributed by atoms with van der Waals surface area (Å²) in [5.41, 5.74) is 5.05. The molecule has 0 heterocycles. The van der Waals surface area contributed by atoms with Crippen molar-refractivity contribution < 1.29 is 14.3 Å². The van der Waals surface area contributed by atoms with Crippen LogP contribution < -0.4 is 15.5 Å². The van der Waals surface area contributed by atoms with Gasteiger partial charge >= 0.3 is 0 Å². The van der Waals surface area contributed by atoms with Crippen LogP contribution in [-0.2, 0) is 16.2 Å². The van der Waals surface area contributed by atoms with E-state index in [1.807, 2.05) is 78.9 Å². The van der Waals surface area contributed by atoms with Gasteiger partial charge in [-0.3, -0.25) is 9.59 Å². The fraction of sp³-hybridized carbons (Fsp3) is 0.0800. The minimum atomic E-state index is -0.440. The largest absolute Gasteiger partial charge is 0.488 e. The van der Waals surface area contributed by atoms with E-state index in [1.165, 1.54) is 12.3 Å². The molecule has 0 saturated heterocycles. The molecule has 0 aromatic heterocycles. The van der Waals surface area contributed by atoms with Crippen LogP contribution in [0.4, 0.5) is 0 Å². The Balaban J connectivity index is 1.49. The third-order valence-corrected chi connectivity index (χ3v) is 4.75. The fourth-order valence-electron chi connectivity index (χ4n) is 2.66. The fourth-order valence-corrected chi connectivity index (χ4v) is 3.04. The molecule has 0 unspecified atom stereocenters. The van der Waals surface area contributed by atoms with Crippen molar-refractivity contribution in [2.75, 3.05) is 6.54 Å². The van der Waals surface area contributed by atoms with Crippen LogP contribution in [0, 0.1) is 0 Å². The zero-order valence-corrected chi connectivity index (χ0v) is 18.8. The van der Waals surface area contributed by atoms with Crippen LogP contribution in [0.5, 0.6) is 5.75 Å². The molecule has 0 aliphatic rings. The first-order chi connectivity index (χ1) is 15.6. The number of nitrogens with one attached hydrogen (secondary N) is 2. The lowest BCUT2D eigenvalue weighted by Crippen LogP contribution is -2.34. The first-order valence-electron chi connectivity index (χ1n) is 9.89. The van der Waals surface area contributed by atoms with E-state index in [0.717, 1.165) is 15.6 Å². The van der Waals surface area contributed by atoms with Gasteiger partial charge in [-0.2, -0.15) is 5.10 Å². The minimum Gasteiger partial charge on any atom is -0.488 e. The Morgan fingerprint density at radius 3 is 2.44 bits per heavy atom. The van der Waals surface area contributed by atoms with E-state index in [9.17, 15) is 9.59 Å². The molecule has 3 aromatic rings. The quantitative estimate of drug-likeness (QED) is 0.266. The summed E-state index contributed by atoms with van der Waals surface area (Å²) in [6, 6.07) is 24.8. The molecule has 6 nitrogen and oxygen atoms in total. The van der Waals surface area contributed by atoms with Gasteiger partial charge in [0.25, 0.3) is 5.91 Å². The Morgan fingerprint density at radius 1 is 0.969 bits per heavy atom. The number of hydrogen-bond acceptors (Lipinski definition) is 4. The van der Waals surface area contributed by atoms with Crippen LogP contribution in [0.2, 0.25) is 0 Å². The Labute approximate surface area is 195 Å². The molecule has 3 rings (SSSR count). The van der Waals surface area contributed by atoms with Gasteiger partial charge in [0, 0.05) is 16.1 Å². The Hall–Kier alpha value is -3.71. The van der Waals surface area contributed by atoms with E-state index in [2.05, 4.69) is 31.8 Å². The molecular weight excluding hydrogens is 470 g/mol. The number of ether oxygens (including phenoxy) is 1. The smallest absolute Gasteiger partial charge is 0.259 e. The highest BCUT2D eigenvalue weighted by Crippen LogP contribution is 2.22. The minimum absolute atomic E-state index is 0.189. The third-order valence-electron chi connectivity index (χ3n) is 4.25. The second-order valence-electron chi connectivity index (χ2n) is 6.71. The number of halogens is 1. The normalized spacial score (nSPS) is 10.9. The molecule has 32 heavy (non-hydrogen) atoms. The van der Waals surface area contributed by atoms with Gasteiger partial charge in [-0.25, -0.2) is 5.43 Å². The number of rotatable bonds is 9. The zero-order valence-electron chi connectivity index (χ0n) is 17.2. The predicted molar refractivity (Wildman–Crippen MR) is 129 cm³/mol. The highest BCUT2D eigenvalue weighted by Gasteiger charge is 2.05. The molecule has 0 aliphatic heterocycles. The van der Waals surface area contributed by atoms with Crippen molar-refractivity contribution in [3.8, 4) is 5.75 Å². The maximum atomic E-state index is 12.0. The highest BCUT2D eigenvalue weighted by atomic mass is 79.9. The Morgan fingerprint density at radius 2 is 1.69 bits per heavy atom. The summed E-state index contributed by atoms with van der Waals surface area (Å²) in [6.45, 7) is 0.226. The maximum absolute atomic E-state index is 12.0. The van der Waals surface area contributed by atoms with Crippen LogP contribution in [0.3, 0.4) is 0 Å². The first-order valence-corrected chi connectivity index (χ1v) is 10.7. The number of benzene rings is 3. The molecule has 0 bridgehead atoms. The van der Waals surface area contributed by atoms with Crippen molar-refractivity contribution >= 4 is 40.0 Å². The van der Waals surface area contributed by atoms with Crippen LogP contribution in [0.1, 0.15) is 16.7 Å². The Bertz CT molecular complexity index is 1100. The standard InChI is InChI=1S/C25H22BrN3O3/c26-22-12-13-23(32-18-20-9-5-2-6-10-20)21(15-22)16-28-29-25(31)17-27-24(30)14-11-19-7-3-1-4-8-19/h1-16H,17-18H2,(H,27,30)(H,29,31)/b14-11+,28-16+. The van der Waals surface area contributed by atoms with Crippen molar-refractivity contribution in [2.24, 2.45) is 5.10 Å². The van der Waals surface area contributed by atoms with Crippen molar-refractivity contribution in [2.45, 2.75) is 6.61 Å². The van der Waals surface area contributed by atoms with E-state index in [0.29, 0.717) is 17.9 Å². The number of hydrogen-bond donors (Lipinski definition) is 2. The van der Waals surface area contributed by atoms with Gasteiger partial charge < -0.3 is 10.1 Å². The van der Waals surface area contributed by atoms with Crippen LogP contribution >= 0.6 is 15.9 Å². The molecule has 0 aliphatic carbocycles. The van der Waals surface area contributed by atoms with E-state index >= 15 is 0 Å². The molecule has 7 heteroatoms. The summed E-state index contributed by atoms with van der Waals surface area (Å²) >= 11 is 3.43. The van der Waals surface area contributed by atoms with Gasteiger partial charge in [0.2, 0.25) is 5.91 Å². The number of amides is 2. The van der Waals surface area contributed by atoms with Gasteiger partial charge in [-0.1, -0.05) is 76.6 Å². The van der Waals surface area contributed by atoms with Crippen molar-refractivity contribution in [1.29, 1.82) is 0 Å². The summed E-state index contributed by atoms with van der Waals surface area (Å²) in [7, 11) is 0. The van der Waals surface area contributed by atoms with E-state index in [4.69, 9.17) is 4.74 Å². The molecule has 0 spiro atoms. The topological polar surface area (TPSA) is 79.8 Å². The molecule has 162 valence electrons. The lowest BCUT2D eigenvalue weighted by molar-refractivity contribution is -0.123. The summed E-state index contributed by atoms with van der Waals surface area (Å²) in [4.78, 5) is 23.8. The van der Waals surface area contributed by atoms with E-state index in [1.54, 1.807) is 6.08 Å². The lowest BCUT2D eigenvalue weighted by Gasteiger charge is -2.09. The van der Waals surface area contributed by atoms with Gasteiger partial charge in [0.15, 0.2) is 0 Å². The van der Waals surface area contributed by atoms with E-state index in [-0.39, 0.29) is 12.5 Å². The van der Waals surface area contributed by atoms with Crippen molar-refractivity contribution in [1.82, 2.24) is 10.7 Å². The summed E-state index contributed by atoms with van der Waals surface area (Å²) in [5, 5.41) is 6.49. The van der Waals surface area contributed by atoms with Crippen LogP contribution in [0.25, 0.3) is 6.08 Å². The predicted octanol–water partition coefficient (Wildman–Crippen LogP) is 4.31. The summed E-state index contributed by atoms with van der Waals surface area (Å²) in [5.74, 6) is -0.171. The van der Waals surface area contributed by atoms with Gasteiger partial charge in [0.05, 0.1) is 12.8 Å². The molecule has 0 saturated carbocycles. The maximum Gasteiger partial charge on any atom is 0.259 e. The van der Waals surface area contributed by atoms with Crippen molar-refractivity contribution in [3.05, 3.63) is 106 Å². The van der Waals surface area contributed by atoms with Gasteiger partial charge in [-0.15, -0.1) is 0 Å². The summed E-state index contributed by atoms with van der Waals surface area (Å²) < 4.78 is 6.74. The number of hydrazone groups is 1. The second kappa shape index (κ2) is 12.2. The molecule has 3 aromatic carbocycles. The lowest BCUT2D eigenvalue weighted by atomic mass is 10.2. The monoisotopic (exact) mass is 491 g/mol. The van der Waals surface area contributed by atoms with Crippen LogP contribution in [0.15, 0.2) is 94.5 Å². The number of nitrogens with zero attached hydrogens (tertiary/aromatic N) is 1. The third kappa shape index (κ3) is 7.85. The average Bonchev–Trinajstić information content (AvgIpc) is 2.82. The first kappa shape index (κ1) is 23.0.